The molecular formula is C15H15NO8. The lowest BCUT2D eigenvalue weighted by Gasteiger charge is -2.21. The maximum atomic E-state index is 12.5. The van der Waals surface area contributed by atoms with E-state index in [-0.39, 0.29) is 22.6 Å². The molecule has 1 aliphatic rings. The smallest absolute Gasteiger partial charge is 0.330 e. The number of hydrogen-bond donors (Lipinski definition) is 1. The highest BCUT2D eigenvalue weighted by molar-refractivity contribution is 6.23. The van der Waals surface area contributed by atoms with E-state index in [1.807, 2.05) is 0 Å². The zero-order valence-electron chi connectivity index (χ0n) is 13.2. The highest BCUT2D eigenvalue weighted by Crippen LogP contribution is 2.35. The van der Waals surface area contributed by atoms with E-state index in [1.54, 1.807) is 0 Å². The molecule has 9 nitrogen and oxygen atoms in total. The number of imide groups is 1. The summed E-state index contributed by atoms with van der Waals surface area (Å²) in [5.41, 5.74) is -0.0153. The second kappa shape index (κ2) is 6.57. The van der Waals surface area contributed by atoms with Crippen molar-refractivity contribution < 1.29 is 38.5 Å². The molecule has 1 aromatic carbocycles. The molecule has 1 N–H and O–H groups in total. The van der Waals surface area contributed by atoms with Crippen LogP contribution in [-0.4, -0.2) is 60.6 Å². The number of carbonyl (C=O) groups excluding carboxylic acids is 3. The number of carbonyl (C=O) groups is 4. The summed E-state index contributed by atoms with van der Waals surface area (Å²) in [5.74, 6) is -3.35. The number of fused-ring (bicyclic) bond motifs is 1. The van der Waals surface area contributed by atoms with E-state index in [9.17, 15) is 24.3 Å². The quantitative estimate of drug-likeness (QED) is 0.582. The first-order valence-electron chi connectivity index (χ1n) is 6.81. The fourth-order valence-corrected chi connectivity index (χ4v) is 2.32. The molecule has 1 aliphatic heterocycles. The minimum absolute atomic E-state index is 0.00766. The SMILES string of the molecule is COc1cc2c(cc1OC)C(=O)N(C(COC(C)=O)C(=O)O)C2=O. The summed E-state index contributed by atoms with van der Waals surface area (Å²) >= 11 is 0. The number of aliphatic carboxylic acids is 1. The summed E-state index contributed by atoms with van der Waals surface area (Å²) in [6.45, 7) is 0.460. The second-order valence-corrected chi connectivity index (χ2v) is 4.89. The van der Waals surface area contributed by atoms with Crippen LogP contribution in [-0.2, 0) is 14.3 Å². The van der Waals surface area contributed by atoms with E-state index in [4.69, 9.17) is 9.47 Å². The normalized spacial score (nSPS) is 14.2. The second-order valence-electron chi connectivity index (χ2n) is 4.89. The van der Waals surface area contributed by atoms with Crippen LogP contribution in [0.4, 0.5) is 0 Å². The van der Waals surface area contributed by atoms with Crippen LogP contribution >= 0.6 is 0 Å². The Bertz CT molecular complexity index is 683. The number of nitrogens with zero attached hydrogens (tertiary/aromatic N) is 1. The average molecular weight is 337 g/mol. The lowest BCUT2D eigenvalue weighted by atomic mass is 10.1. The van der Waals surface area contributed by atoms with Gasteiger partial charge in [0.25, 0.3) is 11.8 Å². The first-order chi connectivity index (χ1) is 11.3. The van der Waals surface area contributed by atoms with Gasteiger partial charge in [0, 0.05) is 6.92 Å². The number of ether oxygens (including phenoxy) is 3. The van der Waals surface area contributed by atoms with E-state index >= 15 is 0 Å². The van der Waals surface area contributed by atoms with Crippen LogP contribution in [0.3, 0.4) is 0 Å². The van der Waals surface area contributed by atoms with Crippen molar-refractivity contribution >= 4 is 23.8 Å². The minimum Gasteiger partial charge on any atom is -0.493 e. The summed E-state index contributed by atoms with van der Waals surface area (Å²) in [7, 11) is 2.73. The highest BCUT2D eigenvalue weighted by Gasteiger charge is 2.44. The third kappa shape index (κ3) is 2.87. The van der Waals surface area contributed by atoms with Gasteiger partial charge >= 0.3 is 11.9 Å². The van der Waals surface area contributed by atoms with Gasteiger partial charge in [0.1, 0.15) is 6.61 Å². The molecule has 0 fully saturated rings. The number of hydrogen-bond acceptors (Lipinski definition) is 7. The summed E-state index contributed by atoms with van der Waals surface area (Å²) in [5, 5.41) is 9.28. The molecule has 2 amide bonds. The summed E-state index contributed by atoms with van der Waals surface area (Å²) in [6, 6.07) is 0.983. The third-order valence-corrected chi connectivity index (χ3v) is 3.46. The van der Waals surface area contributed by atoms with Gasteiger partial charge < -0.3 is 19.3 Å². The van der Waals surface area contributed by atoms with Gasteiger partial charge in [-0.1, -0.05) is 0 Å². The van der Waals surface area contributed by atoms with Crippen molar-refractivity contribution in [3.05, 3.63) is 23.3 Å². The van der Waals surface area contributed by atoms with E-state index in [0.29, 0.717) is 4.90 Å². The van der Waals surface area contributed by atoms with Crippen LogP contribution in [0.2, 0.25) is 0 Å². The predicted molar refractivity (Wildman–Crippen MR) is 78.1 cm³/mol. The molecule has 0 bridgehead atoms. The van der Waals surface area contributed by atoms with E-state index in [2.05, 4.69) is 4.74 Å². The van der Waals surface area contributed by atoms with Crippen molar-refractivity contribution in [2.45, 2.75) is 13.0 Å². The topological polar surface area (TPSA) is 119 Å². The van der Waals surface area contributed by atoms with Crippen molar-refractivity contribution in [1.29, 1.82) is 0 Å². The highest BCUT2D eigenvalue weighted by atomic mass is 16.5. The molecular weight excluding hydrogens is 322 g/mol. The molecule has 0 aliphatic carbocycles. The van der Waals surface area contributed by atoms with Crippen molar-refractivity contribution in [3.8, 4) is 11.5 Å². The average Bonchev–Trinajstić information content (AvgIpc) is 2.77. The maximum Gasteiger partial charge on any atom is 0.330 e. The standard InChI is InChI=1S/C15H15NO8/c1-7(17)24-6-10(15(20)21)16-13(18)8-4-11(22-2)12(23-3)5-9(8)14(16)19/h4-5,10H,6H2,1-3H3,(H,20,21). The fourth-order valence-electron chi connectivity index (χ4n) is 2.32. The summed E-state index contributed by atoms with van der Waals surface area (Å²) < 4.78 is 14.8. The Hall–Kier alpha value is -3.10. The van der Waals surface area contributed by atoms with Gasteiger partial charge in [0.15, 0.2) is 17.5 Å². The number of carboxylic acid groups (broad SMARTS) is 1. The van der Waals surface area contributed by atoms with Gasteiger partial charge in [-0.2, -0.15) is 0 Å². The van der Waals surface area contributed by atoms with Crippen LogP contribution in [0.5, 0.6) is 11.5 Å². The predicted octanol–water partition coefficient (Wildman–Crippen LogP) is 0.316. The zero-order chi connectivity index (χ0) is 18.0. The van der Waals surface area contributed by atoms with Crippen LogP contribution < -0.4 is 9.47 Å². The molecule has 1 heterocycles. The number of methoxy groups -OCH3 is 2. The van der Waals surface area contributed by atoms with E-state index < -0.39 is 36.4 Å². The van der Waals surface area contributed by atoms with Crippen molar-refractivity contribution in [2.24, 2.45) is 0 Å². The molecule has 0 radical (unpaired) electrons. The van der Waals surface area contributed by atoms with Gasteiger partial charge in [-0.15, -0.1) is 0 Å². The first-order valence-corrected chi connectivity index (χ1v) is 6.81. The van der Waals surface area contributed by atoms with Crippen LogP contribution in [0, 0.1) is 0 Å². The number of esters is 1. The largest absolute Gasteiger partial charge is 0.493 e. The van der Waals surface area contributed by atoms with Crippen LogP contribution in [0.15, 0.2) is 12.1 Å². The molecule has 1 aromatic rings. The molecule has 128 valence electrons. The van der Waals surface area contributed by atoms with Gasteiger partial charge in [-0.05, 0) is 12.1 Å². The zero-order valence-corrected chi connectivity index (χ0v) is 13.2. The van der Waals surface area contributed by atoms with Crippen LogP contribution in [0.25, 0.3) is 0 Å². The molecule has 0 aromatic heterocycles. The number of rotatable bonds is 6. The number of carboxylic acids is 1. The molecule has 1 atom stereocenters. The molecule has 0 saturated carbocycles. The Kier molecular flexibility index (Phi) is 4.72. The van der Waals surface area contributed by atoms with Crippen molar-refractivity contribution in [3.63, 3.8) is 0 Å². The van der Waals surface area contributed by atoms with Crippen molar-refractivity contribution in [1.82, 2.24) is 4.90 Å². The van der Waals surface area contributed by atoms with Crippen LogP contribution in [0.1, 0.15) is 27.6 Å². The fraction of sp³-hybridized carbons (Fsp3) is 0.333. The lowest BCUT2D eigenvalue weighted by Crippen LogP contribution is -2.47. The molecule has 2 rings (SSSR count). The lowest BCUT2D eigenvalue weighted by molar-refractivity contribution is -0.149. The van der Waals surface area contributed by atoms with Gasteiger partial charge in [-0.25, -0.2) is 4.79 Å². The summed E-state index contributed by atoms with van der Waals surface area (Å²) in [6.07, 6.45) is 0. The Morgan fingerprint density at radius 1 is 1.08 bits per heavy atom. The van der Waals surface area contributed by atoms with E-state index in [0.717, 1.165) is 6.92 Å². The monoisotopic (exact) mass is 337 g/mol. The van der Waals surface area contributed by atoms with Gasteiger partial charge in [-0.3, -0.25) is 19.3 Å². The molecule has 0 saturated heterocycles. The van der Waals surface area contributed by atoms with Gasteiger partial charge in [0.2, 0.25) is 0 Å². The molecule has 0 spiro atoms. The maximum absolute atomic E-state index is 12.5. The Labute approximate surface area is 136 Å². The Morgan fingerprint density at radius 3 is 1.88 bits per heavy atom. The van der Waals surface area contributed by atoms with Gasteiger partial charge in [0.05, 0.1) is 25.3 Å². The number of amides is 2. The number of benzene rings is 1. The molecule has 9 heteroatoms. The van der Waals surface area contributed by atoms with Crippen molar-refractivity contribution in [2.75, 3.05) is 20.8 Å². The minimum atomic E-state index is -1.63. The van der Waals surface area contributed by atoms with E-state index in [1.165, 1.54) is 26.4 Å². The third-order valence-electron chi connectivity index (χ3n) is 3.46. The first kappa shape index (κ1) is 17.3. The Balaban J connectivity index is 2.44. The molecule has 1 unspecified atom stereocenters. The summed E-state index contributed by atoms with van der Waals surface area (Å²) in [4.78, 5) is 47.8. The Morgan fingerprint density at radius 2 is 1.54 bits per heavy atom. The molecule has 24 heavy (non-hydrogen) atoms.